The van der Waals surface area contributed by atoms with Crippen molar-refractivity contribution < 1.29 is 4.79 Å². The third-order valence-electron chi connectivity index (χ3n) is 3.36. The second-order valence-electron chi connectivity index (χ2n) is 4.94. The first kappa shape index (κ1) is 16.0. The molecule has 1 aliphatic rings. The highest BCUT2D eigenvalue weighted by molar-refractivity contribution is 5.88. The van der Waals surface area contributed by atoms with Gasteiger partial charge in [0.2, 0.25) is 5.91 Å². The summed E-state index contributed by atoms with van der Waals surface area (Å²) < 4.78 is 0. The summed E-state index contributed by atoms with van der Waals surface area (Å²) in [7, 11) is 2.17. The van der Waals surface area contributed by atoms with Crippen LogP contribution in [0.2, 0.25) is 0 Å². The molecule has 0 aromatic heterocycles. The quantitative estimate of drug-likeness (QED) is 0.887. The van der Waals surface area contributed by atoms with Crippen molar-refractivity contribution in [1.82, 2.24) is 10.2 Å². The molecule has 0 bridgehead atoms. The molecule has 1 aliphatic heterocycles. The number of halogens is 1. The molecule has 1 amide bonds. The Bertz CT molecular complexity index is 402. The molecule has 1 atom stereocenters. The summed E-state index contributed by atoms with van der Waals surface area (Å²) in [6.07, 6.45) is 1.22. The zero-order valence-corrected chi connectivity index (χ0v) is 12.3. The van der Waals surface area contributed by atoms with E-state index < -0.39 is 0 Å². The van der Waals surface area contributed by atoms with Crippen LogP contribution in [0.1, 0.15) is 18.9 Å². The van der Waals surface area contributed by atoms with E-state index in [1.165, 1.54) is 18.9 Å². The molecule has 1 aromatic rings. The molecule has 1 heterocycles. The number of carbonyl (C=O) groups excluding carboxylic acids is 1. The molecule has 19 heavy (non-hydrogen) atoms. The zero-order valence-electron chi connectivity index (χ0n) is 11.5. The van der Waals surface area contributed by atoms with Gasteiger partial charge in [-0.2, -0.15) is 0 Å². The second kappa shape index (κ2) is 7.48. The first-order valence-corrected chi connectivity index (χ1v) is 6.42. The van der Waals surface area contributed by atoms with Crippen LogP contribution in [0.3, 0.4) is 0 Å². The standard InChI is InChI=1S/C14H21N3O.ClH/c1-11(18)16-13-5-3-12(4-6-13)10-17(2)14-7-8-15-9-14;/h3-6,14-15H,7-10H2,1-2H3,(H,16,18);1H. The number of hydrogen-bond donors (Lipinski definition) is 2. The van der Waals surface area contributed by atoms with E-state index in [2.05, 4.69) is 34.7 Å². The van der Waals surface area contributed by atoms with Crippen LogP contribution in [-0.2, 0) is 11.3 Å². The number of nitrogens with zero attached hydrogens (tertiary/aromatic N) is 1. The second-order valence-corrected chi connectivity index (χ2v) is 4.94. The zero-order chi connectivity index (χ0) is 13.0. The lowest BCUT2D eigenvalue weighted by Crippen LogP contribution is -2.32. The van der Waals surface area contributed by atoms with E-state index in [1.807, 2.05) is 12.1 Å². The fraction of sp³-hybridized carbons (Fsp3) is 0.500. The lowest BCUT2D eigenvalue weighted by Gasteiger charge is -2.23. The molecular weight excluding hydrogens is 262 g/mol. The van der Waals surface area contributed by atoms with Crippen LogP contribution in [-0.4, -0.2) is 37.0 Å². The van der Waals surface area contributed by atoms with Gasteiger partial charge in [-0.25, -0.2) is 0 Å². The van der Waals surface area contributed by atoms with Crippen molar-refractivity contribution >= 4 is 24.0 Å². The van der Waals surface area contributed by atoms with Gasteiger partial charge in [-0.1, -0.05) is 12.1 Å². The maximum absolute atomic E-state index is 10.9. The van der Waals surface area contributed by atoms with Crippen molar-refractivity contribution in [2.24, 2.45) is 0 Å². The minimum absolute atomic E-state index is 0. The van der Waals surface area contributed by atoms with Gasteiger partial charge in [0.15, 0.2) is 0 Å². The van der Waals surface area contributed by atoms with Gasteiger partial charge in [0, 0.05) is 31.7 Å². The number of rotatable bonds is 4. The Balaban J connectivity index is 0.00000180. The van der Waals surface area contributed by atoms with Crippen LogP contribution in [0, 0.1) is 0 Å². The van der Waals surface area contributed by atoms with Crippen molar-refractivity contribution in [3.05, 3.63) is 29.8 Å². The summed E-state index contributed by atoms with van der Waals surface area (Å²) in [4.78, 5) is 13.3. The van der Waals surface area contributed by atoms with Crippen LogP contribution >= 0.6 is 12.4 Å². The average molecular weight is 284 g/mol. The predicted molar refractivity (Wildman–Crippen MR) is 80.7 cm³/mol. The Morgan fingerprint density at radius 1 is 1.42 bits per heavy atom. The number of anilines is 1. The highest BCUT2D eigenvalue weighted by Crippen LogP contribution is 2.14. The van der Waals surface area contributed by atoms with Crippen molar-refractivity contribution in [3.8, 4) is 0 Å². The van der Waals surface area contributed by atoms with Crippen molar-refractivity contribution in [3.63, 3.8) is 0 Å². The Hall–Kier alpha value is -1.10. The summed E-state index contributed by atoms with van der Waals surface area (Å²) in [5.74, 6) is -0.0306. The van der Waals surface area contributed by atoms with E-state index in [4.69, 9.17) is 0 Å². The maximum atomic E-state index is 10.9. The molecule has 0 aliphatic carbocycles. The molecule has 0 spiro atoms. The van der Waals surface area contributed by atoms with E-state index in [9.17, 15) is 4.79 Å². The fourth-order valence-corrected chi connectivity index (χ4v) is 2.33. The Morgan fingerprint density at radius 2 is 2.11 bits per heavy atom. The lowest BCUT2D eigenvalue weighted by atomic mass is 10.1. The highest BCUT2D eigenvalue weighted by atomic mass is 35.5. The Kier molecular flexibility index (Phi) is 6.28. The van der Waals surface area contributed by atoms with Gasteiger partial charge in [-0.05, 0) is 37.7 Å². The van der Waals surface area contributed by atoms with Crippen LogP contribution < -0.4 is 10.6 Å². The summed E-state index contributed by atoms with van der Waals surface area (Å²) in [6.45, 7) is 4.68. The van der Waals surface area contributed by atoms with Crippen LogP contribution in [0.15, 0.2) is 24.3 Å². The predicted octanol–water partition coefficient (Wildman–Crippen LogP) is 1.86. The van der Waals surface area contributed by atoms with E-state index in [0.717, 1.165) is 25.3 Å². The van der Waals surface area contributed by atoms with Gasteiger partial charge < -0.3 is 10.6 Å². The summed E-state index contributed by atoms with van der Waals surface area (Å²) in [6, 6.07) is 8.70. The first-order valence-electron chi connectivity index (χ1n) is 6.42. The molecule has 0 saturated carbocycles. The molecule has 106 valence electrons. The molecule has 1 fully saturated rings. The number of amides is 1. The largest absolute Gasteiger partial charge is 0.326 e. The number of nitrogens with one attached hydrogen (secondary N) is 2. The molecule has 5 heteroatoms. The molecule has 4 nitrogen and oxygen atoms in total. The van der Waals surface area contributed by atoms with E-state index >= 15 is 0 Å². The topological polar surface area (TPSA) is 44.4 Å². The smallest absolute Gasteiger partial charge is 0.221 e. The van der Waals surface area contributed by atoms with Gasteiger partial charge in [0.05, 0.1) is 0 Å². The van der Waals surface area contributed by atoms with Crippen LogP contribution in [0.4, 0.5) is 5.69 Å². The molecule has 1 unspecified atom stereocenters. The van der Waals surface area contributed by atoms with Crippen molar-refractivity contribution in [1.29, 1.82) is 0 Å². The van der Waals surface area contributed by atoms with Crippen molar-refractivity contribution in [2.75, 3.05) is 25.5 Å². The van der Waals surface area contributed by atoms with Crippen LogP contribution in [0.25, 0.3) is 0 Å². The third-order valence-corrected chi connectivity index (χ3v) is 3.36. The summed E-state index contributed by atoms with van der Waals surface area (Å²) in [5, 5.41) is 6.16. The third kappa shape index (κ3) is 4.82. The van der Waals surface area contributed by atoms with E-state index in [1.54, 1.807) is 0 Å². The highest BCUT2D eigenvalue weighted by Gasteiger charge is 2.18. The molecule has 2 rings (SSSR count). The Labute approximate surface area is 121 Å². The minimum Gasteiger partial charge on any atom is -0.326 e. The lowest BCUT2D eigenvalue weighted by molar-refractivity contribution is -0.114. The van der Waals surface area contributed by atoms with E-state index in [-0.39, 0.29) is 18.3 Å². The summed E-state index contributed by atoms with van der Waals surface area (Å²) >= 11 is 0. The molecule has 1 aromatic carbocycles. The Morgan fingerprint density at radius 3 is 2.63 bits per heavy atom. The minimum atomic E-state index is -0.0306. The number of likely N-dealkylation sites (N-methyl/N-ethyl adjacent to an activating group) is 1. The molecule has 1 saturated heterocycles. The fourth-order valence-electron chi connectivity index (χ4n) is 2.33. The molecule has 0 radical (unpaired) electrons. The van der Waals surface area contributed by atoms with Gasteiger partial charge in [-0.3, -0.25) is 9.69 Å². The van der Waals surface area contributed by atoms with Gasteiger partial charge in [0.25, 0.3) is 0 Å². The van der Waals surface area contributed by atoms with Crippen LogP contribution in [0.5, 0.6) is 0 Å². The maximum Gasteiger partial charge on any atom is 0.221 e. The number of hydrogen-bond acceptors (Lipinski definition) is 3. The normalized spacial score (nSPS) is 18.2. The first-order chi connectivity index (χ1) is 8.65. The average Bonchev–Trinajstić information content (AvgIpc) is 2.84. The van der Waals surface area contributed by atoms with Gasteiger partial charge >= 0.3 is 0 Å². The number of benzene rings is 1. The molecular formula is C14H22ClN3O. The summed E-state index contributed by atoms with van der Waals surface area (Å²) in [5.41, 5.74) is 2.13. The monoisotopic (exact) mass is 283 g/mol. The SMILES string of the molecule is CC(=O)Nc1ccc(CN(C)C2CCNC2)cc1.Cl. The molecule has 2 N–H and O–H groups in total. The van der Waals surface area contributed by atoms with Crippen molar-refractivity contribution in [2.45, 2.75) is 25.9 Å². The number of carbonyl (C=O) groups is 1. The van der Waals surface area contributed by atoms with E-state index in [0.29, 0.717) is 6.04 Å². The van der Waals surface area contributed by atoms with Gasteiger partial charge in [0.1, 0.15) is 0 Å². The van der Waals surface area contributed by atoms with Gasteiger partial charge in [-0.15, -0.1) is 12.4 Å².